The van der Waals surface area contributed by atoms with E-state index in [0.717, 1.165) is 12.1 Å². The lowest BCUT2D eigenvalue weighted by Crippen LogP contribution is -2.12. The average molecular weight is 283 g/mol. The quantitative estimate of drug-likeness (QED) is 0.829. The SMILES string of the molecule is Nc1ccc(NC(=O)c2ccc(F)c(F)c2)cc1Cl. The number of benzene rings is 2. The van der Waals surface area contributed by atoms with E-state index in [1.54, 1.807) is 6.07 Å². The van der Waals surface area contributed by atoms with Gasteiger partial charge in [0.05, 0.1) is 10.7 Å². The van der Waals surface area contributed by atoms with E-state index >= 15 is 0 Å². The van der Waals surface area contributed by atoms with Crippen LogP contribution in [0.15, 0.2) is 36.4 Å². The summed E-state index contributed by atoms with van der Waals surface area (Å²) in [4.78, 5) is 11.8. The maximum atomic E-state index is 13.0. The van der Waals surface area contributed by atoms with Gasteiger partial charge in [-0.25, -0.2) is 8.78 Å². The molecule has 2 aromatic rings. The van der Waals surface area contributed by atoms with Gasteiger partial charge in [-0.15, -0.1) is 0 Å². The third kappa shape index (κ3) is 3.00. The van der Waals surface area contributed by atoms with E-state index in [4.69, 9.17) is 17.3 Å². The predicted octanol–water partition coefficient (Wildman–Crippen LogP) is 3.45. The molecule has 0 radical (unpaired) electrons. The Kier molecular flexibility index (Phi) is 3.66. The van der Waals surface area contributed by atoms with Crippen LogP contribution < -0.4 is 11.1 Å². The lowest BCUT2D eigenvalue weighted by molar-refractivity contribution is 0.102. The zero-order valence-electron chi connectivity index (χ0n) is 9.58. The average Bonchev–Trinajstić information content (AvgIpc) is 2.37. The van der Waals surface area contributed by atoms with Crippen molar-refractivity contribution in [2.24, 2.45) is 0 Å². The van der Waals surface area contributed by atoms with Gasteiger partial charge in [0.25, 0.3) is 5.91 Å². The largest absolute Gasteiger partial charge is 0.398 e. The second-order valence-corrected chi connectivity index (χ2v) is 4.23. The minimum absolute atomic E-state index is 0.00634. The lowest BCUT2D eigenvalue weighted by Gasteiger charge is -2.07. The van der Waals surface area contributed by atoms with Crippen molar-refractivity contribution in [3.63, 3.8) is 0 Å². The summed E-state index contributed by atoms with van der Waals surface area (Å²) in [5.41, 5.74) is 6.33. The molecule has 19 heavy (non-hydrogen) atoms. The first-order valence-electron chi connectivity index (χ1n) is 5.29. The highest BCUT2D eigenvalue weighted by Crippen LogP contribution is 2.23. The molecule has 98 valence electrons. The van der Waals surface area contributed by atoms with Crippen LogP contribution in [-0.2, 0) is 0 Å². The van der Waals surface area contributed by atoms with Gasteiger partial charge in [0, 0.05) is 11.3 Å². The highest BCUT2D eigenvalue weighted by Gasteiger charge is 2.10. The normalized spacial score (nSPS) is 10.3. The van der Waals surface area contributed by atoms with E-state index in [-0.39, 0.29) is 5.56 Å². The number of nitrogens with two attached hydrogens (primary N) is 1. The molecule has 1 amide bonds. The number of nitrogens with one attached hydrogen (secondary N) is 1. The van der Waals surface area contributed by atoms with Crippen molar-refractivity contribution in [1.82, 2.24) is 0 Å². The number of anilines is 2. The Morgan fingerprint density at radius 3 is 2.47 bits per heavy atom. The number of halogens is 3. The number of carbonyl (C=O) groups is 1. The van der Waals surface area contributed by atoms with E-state index in [9.17, 15) is 13.6 Å². The van der Waals surface area contributed by atoms with Crippen LogP contribution >= 0.6 is 11.6 Å². The van der Waals surface area contributed by atoms with Gasteiger partial charge in [0.2, 0.25) is 0 Å². The molecule has 3 N–H and O–H groups in total. The van der Waals surface area contributed by atoms with Gasteiger partial charge in [-0.05, 0) is 36.4 Å². The van der Waals surface area contributed by atoms with Gasteiger partial charge in [-0.3, -0.25) is 4.79 Å². The van der Waals surface area contributed by atoms with Crippen LogP contribution in [0, 0.1) is 11.6 Å². The van der Waals surface area contributed by atoms with Crippen molar-refractivity contribution in [3.8, 4) is 0 Å². The van der Waals surface area contributed by atoms with E-state index < -0.39 is 17.5 Å². The summed E-state index contributed by atoms with van der Waals surface area (Å²) in [5, 5.41) is 2.80. The molecule has 0 saturated heterocycles. The molecule has 3 nitrogen and oxygen atoms in total. The standard InChI is InChI=1S/C13H9ClF2N2O/c14-9-6-8(2-4-12(9)17)18-13(19)7-1-3-10(15)11(16)5-7/h1-6H,17H2,(H,18,19). The third-order valence-corrected chi connectivity index (χ3v) is 2.77. The van der Waals surface area contributed by atoms with E-state index in [2.05, 4.69) is 5.32 Å². The Bertz CT molecular complexity index is 647. The lowest BCUT2D eigenvalue weighted by atomic mass is 10.2. The number of hydrogen-bond acceptors (Lipinski definition) is 2. The van der Waals surface area contributed by atoms with Crippen molar-refractivity contribution in [2.45, 2.75) is 0 Å². The summed E-state index contributed by atoms with van der Waals surface area (Å²) in [6.07, 6.45) is 0. The molecule has 0 unspecified atom stereocenters. The van der Waals surface area contributed by atoms with Crippen molar-refractivity contribution in [1.29, 1.82) is 0 Å². The number of amides is 1. The summed E-state index contributed by atoms with van der Waals surface area (Å²) in [7, 11) is 0. The first-order chi connectivity index (χ1) is 8.97. The maximum absolute atomic E-state index is 13.0. The summed E-state index contributed by atoms with van der Waals surface area (Å²) in [6.45, 7) is 0. The first-order valence-corrected chi connectivity index (χ1v) is 5.66. The van der Waals surface area contributed by atoms with Gasteiger partial charge in [0.1, 0.15) is 0 Å². The highest BCUT2D eigenvalue weighted by molar-refractivity contribution is 6.33. The third-order valence-electron chi connectivity index (χ3n) is 2.44. The Hall–Kier alpha value is -2.14. The van der Waals surface area contributed by atoms with Crippen LogP contribution in [0.2, 0.25) is 5.02 Å². The molecule has 0 aliphatic carbocycles. The van der Waals surface area contributed by atoms with Crippen LogP contribution in [0.1, 0.15) is 10.4 Å². The molecule has 0 aliphatic heterocycles. The van der Waals surface area contributed by atoms with Gasteiger partial charge >= 0.3 is 0 Å². The van der Waals surface area contributed by atoms with E-state index in [1.165, 1.54) is 18.2 Å². The Morgan fingerprint density at radius 1 is 1.11 bits per heavy atom. The monoisotopic (exact) mass is 282 g/mol. The minimum Gasteiger partial charge on any atom is -0.398 e. The molecule has 2 aromatic carbocycles. The topological polar surface area (TPSA) is 55.1 Å². The van der Waals surface area contributed by atoms with Crippen molar-refractivity contribution >= 4 is 28.9 Å². The fourth-order valence-corrected chi connectivity index (χ4v) is 1.63. The zero-order valence-corrected chi connectivity index (χ0v) is 10.3. The van der Waals surface area contributed by atoms with E-state index in [0.29, 0.717) is 16.4 Å². The van der Waals surface area contributed by atoms with Gasteiger partial charge in [-0.2, -0.15) is 0 Å². The molecule has 0 aromatic heterocycles. The Labute approximate surface area is 113 Å². The summed E-state index contributed by atoms with van der Waals surface area (Å²) in [6, 6.07) is 7.45. The van der Waals surface area contributed by atoms with E-state index in [1.807, 2.05) is 0 Å². The number of carbonyl (C=O) groups excluding carboxylic acids is 1. The molecule has 0 spiro atoms. The van der Waals surface area contributed by atoms with Crippen LogP contribution in [-0.4, -0.2) is 5.91 Å². The fourth-order valence-electron chi connectivity index (χ4n) is 1.45. The minimum atomic E-state index is -1.08. The molecule has 0 heterocycles. The molecule has 0 aliphatic rings. The van der Waals surface area contributed by atoms with Crippen LogP contribution in [0.3, 0.4) is 0 Å². The number of nitrogen functional groups attached to an aromatic ring is 1. The van der Waals surface area contributed by atoms with Gasteiger partial charge in [-0.1, -0.05) is 11.6 Å². The second kappa shape index (κ2) is 5.24. The van der Waals surface area contributed by atoms with Crippen LogP contribution in [0.25, 0.3) is 0 Å². The summed E-state index contributed by atoms with van der Waals surface area (Å²) < 4.78 is 25.8. The highest BCUT2D eigenvalue weighted by atomic mass is 35.5. The van der Waals surface area contributed by atoms with Crippen molar-refractivity contribution < 1.29 is 13.6 Å². The molecule has 2 rings (SSSR count). The molecule has 0 saturated carbocycles. The second-order valence-electron chi connectivity index (χ2n) is 3.82. The predicted molar refractivity (Wildman–Crippen MR) is 70.2 cm³/mol. The molecule has 0 bridgehead atoms. The van der Waals surface area contributed by atoms with Gasteiger partial charge < -0.3 is 11.1 Å². The summed E-state index contributed by atoms with van der Waals surface area (Å²) >= 11 is 5.80. The fraction of sp³-hybridized carbons (Fsp3) is 0. The molecular weight excluding hydrogens is 274 g/mol. The zero-order chi connectivity index (χ0) is 14.0. The van der Waals surface area contributed by atoms with Crippen molar-refractivity contribution in [2.75, 3.05) is 11.1 Å². The first kappa shape index (κ1) is 13.3. The van der Waals surface area contributed by atoms with Crippen molar-refractivity contribution in [3.05, 3.63) is 58.6 Å². The smallest absolute Gasteiger partial charge is 0.255 e. The number of hydrogen-bond donors (Lipinski definition) is 2. The Morgan fingerprint density at radius 2 is 1.84 bits per heavy atom. The number of rotatable bonds is 2. The molecule has 6 heteroatoms. The summed E-state index contributed by atoms with van der Waals surface area (Å²) in [5.74, 6) is -2.66. The van der Waals surface area contributed by atoms with Crippen LogP contribution in [0.4, 0.5) is 20.2 Å². The maximum Gasteiger partial charge on any atom is 0.255 e. The Balaban J connectivity index is 2.20. The molecule has 0 atom stereocenters. The molecular formula is C13H9ClF2N2O. The molecule has 0 fully saturated rings. The van der Waals surface area contributed by atoms with Gasteiger partial charge in [0.15, 0.2) is 11.6 Å². The van der Waals surface area contributed by atoms with Crippen LogP contribution in [0.5, 0.6) is 0 Å².